The van der Waals surface area contributed by atoms with Crippen molar-refractivity contribution in [2.24, 2.45) is 0 Å². The Morgan fingerprint density at radius 3 is 2.27 bits per heavy atom. The molecule has 10 heteroatoms. The van der Waals surface area contributed by atoms with Gasteiger partial charge in [-0.05, 0) is 60.5 Å². The van der Waals surface area contributed by atoms with Gasteiger partial charge in [0, 0.05) is 31.9 Å². The molecular weight excluding hydrogens is 462 g/mol. The Bertz CT molecular complexity index is 1420. The summed E-state index contributed by atoms with van der Waals surface area (Å²) in [7, 11) is -4.53. The summed E-state index contributed by atoms with van der Waals surface area (Å²) >= 11 is 0. The van der Waals surface area contributed by atoms with E-state index < -0.39 is 26.0 Å². The minimum atomic E-state index is -3.83. The summed E-state index contributed by atoms with van der Waals surface area (Å²) in [5, 5.41) is 2.67. The van der Waals surface area contributed by atoms with Crippen molar-refractivity contribution in [2.75, 3.05) is 30.3 Å². The van der Waals surface area contributed by atoms with Crippen LogP contribution in [0.3, 0.4) is 0 Å². The van der Waals surface area contributed by atoms with Crippen LogP contribution in [0.25, 0.3) is 0 Å². The summed E-state index contributed by atoms with van der Waals surface area (Å²) in [5.41, 5.74) is 2.18. The predicted octanol–water partition coefficient (Wildman–Crippen LogP) is 2.94. The standard InChI is InChI=1S/C23H23N3O5S2/c1-25(2)32(28,29)20-12-10-19(11-13-20)24-23(27)18-7-5-8-21(16-18)33(30,31)26-15-14-17-6-3-4-9-22(17)26/h3-13,16H,14-15H2,1-2H3,(H,24,27). The lowest BCUT2D eigenvalue weighted by Gasteiger charge is -2.20. The van der Waals surface area contributed by atoms with E-state index in [1.807, 2.05) is 12.1 Å². The number of carbonyl (C=O) groups is 1. The Labute approximate surface area is 193 Å². The number of fused-ring (bicyclic) bond motifs is 1. The summed E-state index contributed by atoms with van der Waals surface area (Å²) in [4.78, 5) is 12.9. The molecule has 0 aromatic heterocycles. The fraction of sp³-hybridized carbons (Fsp3) is 0.174. The summed E-state index contributed by atoms with van der Waals surface area (Å²) in [5.74, 6) is -0.503. The van der Waals surface area contributed by atoms with Crippen molar-refractivity contribution in [3.8, 4) is 0 Å². The second kappa shape index (κ2) is 8.62. The van der Waals surface area contributed by atoms with Crippen molar-refractivity contribution in [3.05, 3.63) is 83.9 Å². The molecule has 0 fully saturated rings. The first-order valence-corrected chi connectivity index (χ1v) is 13.0. The molecule has 172 valence electrons. The van der Waals surface area contributed by atoms with E-state index in [4.69, 9.17) is 0 Å². The smallest absolute Gasteiger partial charge is 0.264 e. The number of anilines is 2. The van der Waals surface area contributed by atoms with Crippen LogP contribution < -0.4 is 9.62 Å². The molecule has 3 aromatic carbocycles. The highest BCUT2D eigenvalue weighted by Gasteiger charge is 2.31. The Balaban J connectivity index is 1.55. The van der Waals surface area contributed by atoms with Gasteiger partial charge >= 0.3 is 0 Å². The Kier molecular flexibility index (Phi) is 6.00. The van der Waals surface area contributed by atoms with Crippen LogP contribution in [-0.2, 0) is 26.5 Å². The molecule has 3 aromatic rings. The van der Waals surface area contributed by atoms with E-state index in [1.165, 1.54) is 66.9 Å². The molecule has 0 unspecified atom stereocenters. The maximum Gasteiger partial charge on any atom is 0.264 e. The van der Waals surface area contributed by atoms with Crippen LogP contribution in [0, 0.1) is 0 Å². The third-order valence-electron chi connectivity index (χ3n) is 5.42. The number of amides is 1. The van der Waals surface area contributed by atoms with E-state index >= 15 is 0 Å². The van der Waals surface area contributed by atoms with E-state index in [0.717, 1.165) is 9.87 Å². The number of nitrogens with zero attached hydrogens (tertiary/aromatic N) is 2. The lowest BCUT2D eigenvalue weighted by Crippen LogP contribution is -2.29. The molecule has 1 aliphatic rings. The monoisotopic (exact) mass is 485 g/mol. The fourth-order valence-electron chi connectivity index (χ4n) is 3.61. The normalized spacial score (nSPS) is 13.7. The molecular formula is C23H23N3O5S2. The minimum Gasteiger partial charge on any atom is -0.322 e. The van der Waals surface area contributed by atoms with Crippen LogP contribution in [0.4, 0.5) is 11.4 Å². The lowest BCUT2D eigenvalue weighted by atomic mass is 10.2. The van der Waals surface area contributed by atoms with Gasteiger partial charge in [-0.15, -0.1) is 0 Å². The molecule has 0 aliphatic carbocycles. The van der Waals surface area contributed by atoms with Gasteiger partial charge in [0.1, 0.15) is 0 Å². The quantitative estimate of drug-likeness (QED) is 0.578. The van der Waals surface area contributed by atoms with Crippen molar-refractivity contribution < 1.29 is 21.6 Å². The zero-order chi connectivity index (χ0) is 23.8. The van der Waals surface area contributed by atoms with Crippen molar-refractivity contribution in [1.29, 1.82) is 0 Å². The maximum absolute atomic E-state index is 13.3. The van der Waals surface area contributed by atoms with Gasteiger partial charge in [0.05, 0.1) is 15.5 Å². The maximum atomic E-state index is 13.3. The highest BCUT2D eigenvalue weighted by atomic mass is 32.2. The summed E-state index contributed by atoms with van der Waals surface area (Å²) < 4.78 is 53.3. The van der Waals surface area contributed by atoms with Crippen LogP contribution in [-0.4, -0.2) is 47.7 Å². The first kappa shape index (κ1) is 23.0. The number of rotatable bonds is 6. The number of hydrogen-bond acceptors (Lipinski definition) is 5. The first-order valence-electron chi connectivity index (χ1n) is 10.2. The third-order valence-corrected chi connectivity index (χ3v) is 9.06. The van der Waals surface area contributed by atoms with Crippen molar-refractivity contribution in [3.63, 3.8) is 0 Å². The van der Waals surface area contributed by atoms with E-state index in [-0.39, 0.29) is 15.4 Å². The first-order chi connectivity index (χ1) is 15.6. The molecule has 1 amide bonds. The van der Waals surface area contributed by atoms with E-state index in [9.17, 15) is 21.6 Å². The zero-order valence-corrected chi connectivity index (χ0v) is 19.7. The van der Waals surface area contributed by atoms with Gasteiger partial charge in [-0.3, -0.25) is 9.10 Å². The van der Waals surface area contributed by atoms with Crippen molar-refractivity contribution >= 4 is 37.3 Å². The van der Waals surface area contributed by atoms with Crippen LogP contribution in [0.15, 0.2) is 82.6 Å². The van der Waals surface area contributed by atoms with E-state index in [2.05, 4.69) is 5.32 Å². The molecule has 1 N–H and O–H groups in total. The third kappa shape index (κ3) is 4.37. The lowest BCUT2D eigenvalue weighted by molar-refractivity contribution is 0.102. The highest BCUT2D eigenvalue weighted by Crippen LogP contribution is 2.32. The molecule has 0 spiro atoms. The predicted molar refractivity (Wildman–Crippen MR) is 126 cm³/mol. The summed E-state index contributed by atoms with van der Waals surface area (Å²) in [6.45, 7) is 0.348. The van der Waals surface area contributed by atoms with Gasteiger partial charge in [-0.2, -0.15) is 0 Å². The van der Waals surface area contributed by atoms with E-state index in [1.54, 1.807) is 12.1 Å². The summed E-state index contributed by atoms with van der Waals surface area (Å²) in [6.07, 6.45) is 0.634. The summed E-state index contributed by atoms with van der Waals surface area (Å²) in [6, 6.07) is 19.0. The Morgan fingerprint density at radius 1 is 0.879 bits per heavy atom. The van der Waals surface area contributed by atoms with Crippen LogP contribution >= 0.6 is 0 Å². The van der Waals surface area contributed by atoms with Crippen LogP contribution in [0.2, 0.25) is 0 Å². The van der Waals surface area contributed by atoms with Crippen LogP contribution in [0.1, 0.15) is 15.9 Å². The van der Waals surface area contributed by atoms with Gasteiger partial charge in [-0.1, -0.05) is 24.3 Å². The molecule has 8 nitrogen and oxygen atoms in total. The molecule has 0 atom stereocenters. The molecule has 0 bridgehead atoms. The molecule has 0 saturated carbocycles. The molecule has 0 saturated heterocycles. The van der Waals surface area contributed by atoms with Gasteiger partial charge in [0.2, 0.25) is 10.0 Å². The average molecular weight is 486 g/mol. The van der Waals surface area contributed by atoms with Gasteiger partial charge in [0.25, 0.3) is 15.9 Å². The Morgan fingerprint density at radius 2 is 1.58 bits per heavy atom. The molecule has 4 rings (SSSR count). The minimum absolute atomic E-state index is 0.0271. The van der Waals surface area contributed by atoms with Gasteiger partial charge in [-0.25, -0.2) is 21.1 Å². The second-order valence-electron chi connectivity index (χ2n) is 7.75. The number of hydrogen-bond donors (Lipinski definition) is 1. The fourth-order valence-corrected chi connectivity index (χ4v) is 6.06. The SMILES string of the molecule is CN(C)S(=O)(=O)c1ccc(NC(=O)c2cccc(S(=O)(=O)N3CCc4ccccc43)c2)cc1. The van der Waals surface area contributed by atoms with Crippen LogP contribution in [0.5, 0.6) is 0 Å². The largest absolute Gasteiger partial charge is 0.322 e. The molecule has 1 heterocycles. The molecule has 0 radical (unpaired) electrons. The number of carbonyl (C=O) groups excluding carboxylic acids is 1. The number of para-hydroxylation sites is 1. The van der Waals surface area contributed by atoms with E-state index in [0.29, 0.717) is 24.3 Å². The number of benzene rings is 3. The average Bonchev–Trinajstić information content (AvgIpc) is 3.24. The second-order valence-corrected chi connectivity index (χ2v) is 11.8. The van der Waals surface area contributed by atoms with Gasteiger partial charge in [0.15, 0.2) is 0 Å². The Hall–Kier alpha value is -3.21. The van der Waals surface area contributed by atoms with Crippen molar-refractivity contribution in [1.82, 2.24) is 4.31 Å². The number of sulfonamides is 2. The van der Waals surface area contributed by atoms with Crippen molar-refractivity contribution in [2.45, 2.75) is 16.2 Å². The van der Waals surface area contributed by atoms with Gasteiger partial charge < -0.3 is 5.32 Å². The topological polar surface area (TPSA) is 104 Å². The highest BCUT2D eigenvalue weighted by molar-refractivity contribution is 7.92. The molecule has 1 aliphatic heterocycles. The zero-order valence-electron chi connectivity index (χ0n) is 18.1. The molecule has 33 heavy (non-hydrogen) atoms. The number of nitrogens with one attached hydrogen (secondary N) is 1.